The maximum atomic E-state index is 13.0. The number of urea groups is 1. The first-order valence-electron chi connectivity index (χ1n) is 10.7. The number of nitrogen functional groups attached to an aromatic ring is 2. The van der Waals surface area contributed by atoms with Crippen molar-refractivity contribution in [1.29, 1.82) is 0 Å². The molecule has 0 spiro atoms. The molecule has 0 radical (unpaired) electrons. The second-order valence-corrected chi connectivity index (χ2v) is 8.32. The fourth-order valence-electron chi connectivity index (χ4n) is 4.54. The van der Waals surface area contributed by atoms with E-state index in [1.807, 2.05) is 34.1 Å². The van der Waals surface area contributed by atoms with Crippen LogP contribution in [0.3, 0.4) is 0 Å². The van der Waals surface area contributed by atoms with Gasteiger partial charge in [-0.05, 0) is 61.4 Å². The Morgan fingerprint density at radius 2 is 1.03 bits per heavy atom. The molecule has 2 aromatic rings. The van der Waals surface area contributed by atoms with Crippen molar-refractivity contribution in [2.75, 3.05) is 73.6 Å². The Morgan fingerprint density at radius 3 is 1.37 bits per heavy atom. The number of piperazine rings is 2. The molecule has 2 fully saturated rings. The summed E-state index contributed by atoms with van der Waals surface area (Å²) in [5.74, 6) is 0. The summed E-state index contributed by atoms with van der Waals surface area (Å²) in [6.45, 7) is 10.6. The van der Waals surface area contributed by atoms with Crippen LogP contribution in [0, 0.1) is 13.8 Å². The third kappa shape index (κ3) is 4.10. The number of aryl methyl sites for hydroxylation is 2. The molecule has 0 aromatic heterocycles. The predicted octanol–water partition coefficient (Wildman–Crippen LogP) is 2.53. The van der Waals surface area contributed by atoms with Gasteiger partial charge in [-0.3, -0.25) is 0 Å². The van der Waals surface area contributed by atoms with Gasteiger partial charge >= 0.3 is 6.03 Å². The van der Waals surface area contributed by atoms with E-state index in [1.54, 1.807) is 0 Å². The topological polar surface area (TPSA) is 82.1 Å². The largest absolute Gasteiger partial charge is 0.399 e. The number of hydrogen-bond acceptors (Lipinski definition) is 5. The molecule has 160 valence electrons. The number of rotatable bonds is 2. The summed E-state index contributed by atoms with van der Waals surface area (Å²) in [5, 5.41) is 0. The van der Waals surface area contributed by atoms with Crippen molar-refractivity contribution in [1.82, 2.24) is 9.80 Å². The molecule has 7 nitrogen and oxygen atoms in total. The summed E-state index contributed by atoms with van der Waals surface area (Å²) in [4.78, 5) is 21.7. The summed E-state index contributed by atoms with van der Waals surface area (Å²) in [6, 6.07) is 12.2. The van der Waals surface area contributed by atoms with Crippen LogP contribution >= 0.6 is 0 Å². The van der Waals surface area contributed by atoms with Gasteiger partial charge in [-0.25, -0.2) is 4.79 Å². The first-order valence-corrected chi connectivity index (χ1v) is 10.7. The minimum Gasteiger partial charge on any atom is -0.399 e. The van der Waals surface area contributed by atoms with Crippen LogP contribution in [0.1, 0.15) is 11.1 Å². The molecule has 2 aliphatic heterocycles. The van der Waals surface area contributed by atoms with Crippen molar-refractivity contribution in [3.8, 4) is 0 Å². The molecule has 2 amide bonds. The summed E-state index contributed by atoms with van der Waals surface area (Å²) < 4.78 is 0. The van der Waals surface area contributed by atoms with Gasteiger partial charge in [-0.2, -0.15) is 0 Å². The quantitative estimate of drug-likeness (QED) is 0.747. The Kier molecular flexibility index (Phi) is 5.61. The summed E-state index contributed by atoms with van der Waals surface area (Å²) in [7, 11) is 0. The third-order valence-electron chi connectivity index (χ3n) is 6.22. The van der Waals surface area contributed by atoms with Gasteiger partial charge in [0.2, 0.25) is 0 Å². The summed E-state index contributed by atoms with van der Waals surface area (Å²) >= 11 is 0. The second kappa shape index (κ2) is 8.34. The highest BCUT2D eigenvalue weighted by molar-refractivity contribution is 5.75. The normalized spacial score (nSPS) is 17.4. The summed E-state index contributed by atoms with van der Waals surface area (Å²) in [6.07, 6.45) is 0. The Labute approximate surface area is 178 Å². The molecule has 30 heavy (non-hydrogen) atoms. The van der Waals surface area contributed by atoms with Crippen molar-refractivity contribution >= 4 is 28.8 Å². The van der Waals surface area contributed by atoms with E-state index >= 15 is 0 Å². The van der Waals surface area contributed by atoms with Crippen molar-refractivity contribution in [2.24, 2.45) is 0 Å². The SMILES string of the molecule is Cc1cc(N)ccc1N1CCN(C(=O)N2CCN(c3ccc(N)cc3C)CC2)CC1. The lowest BCUT2D eigenvalue weighted by molar-refractivity contribution is 0.147. The lowest BCUT2D eigenvalue weighted by atomic mass is 10.1. The molecular weight excluding hydrogens is 376 g/mol. The molecule has 2 heterocycles. The molecule has 0 atom stereocenters. The Morgan fingerprint density at radius 1 is 0.667 bits per heavy atom. The number of hydrogen-bond donors (Lipinski definition) is 2. The van der Waals surface area contributed by atoms with Crippen LogP contribution in [0.2, 0.25) is 0 Å². The van der Waals surface area contributed by atoms with Gasteiger partial charge in [0.15, 0.2) is 0 Å². The van der Waals surface area contributed by atoms with Crippen molar-refractivity contribution in [3.05, 3.63) is 47.5 Å². The number of nitrogens with two attached hydrogens (primary N) is 2. The Hall–Kier alpha value is -3.09. The van der Waals surface area contributed by atoms with Gasteiger partial charge in [-0.15, -0.1) is 0 Å². The monoisotopic (exact) mass is 408 g/mol. The van der Waals surface area contributed by atoms with Gasteiger partial charge in [0.05, 0.1) is 0 Å². The Balaban J connectivity index is 1.31. The maximum absolute atomic E-state index is 13.0. The number of carbonyl (C=O) groups excluding carboxylic acids is 1. The van der Waals surface area contributed by atoms with Gasteiger partial charge < -0.3 is 31.1 Å². The molecule has 7 heteroatoms. The van der Waals surface area contributed by atoms with Gasteiger partial charge in [0, 0.05) is 75.1 Å². The maximum Gasteiger partial charge on any atom is 0.320 e. The fourth-order valence-corrected chi connectivity index (χ4v) is 4.54. The van der Waals surface area contributed by atoms with Gasteiger partial charge in [0.1, 0.15) is 0 Å². The number of anilines is 4. The van der Waals surface area contributed by atoms with Crippen LogP contribution in [0.15, 0.2) is 36.4 Å². The molecule has 4 N–H and O–H groups in total. The zero-order valence-electron chi connectivity index (χ0n) is 18.0. The van der Waals surface area contributed by atoms with Crippen LogP contribution in [0.25, 0.3) is 0 Å². The first kappa shape index (κ1) is 20.2. The lowest BCUT2D eigenvalue weighted by Gasteiger charge is -2.42. The van der Waals surface area contributed by atoms with Crippen LogP contribution in [0.5, 0.6) is 0 Å². The Bertz CT molecular complexity index is 840. The fraction of sp³-hybridized carbons (Fsp3) is 0.435. The van der Waals surface area contributed by atoms with E-state index in [1.165, 1.54) is 22.5 Å². The van der Waals surface area contributed by atoms with Crippen molar-refractivity contribution in [3.63, 3.8) is 0 Å². The zero-order chi connectivity index (χ0) is 21.3. The smallest absolute Gasteiger partial charge is 0.320 e. The predicted molar refractivity (Wildman–Crippen MR) is 124 cm³/mol. The molecule has 0 unspecified atom stereocenters. The molecule has 2 aromatic carbocycles. The minimum atomic E-state index is 0.164. The average molecular weight is 409 g/mol. The molecule has 0 aliphatic carbocycles. The average Bonchev–Trinajstić information content (AvgIpc) is 2.74. The molecule has 0 saturated carbocycles. The number of nitrogens with zero attached hydrogens (tertiary/aromatic N) is 4. The van der Waals surface area contributed by atoms with Crippen LogP contribution in [-0.2, 0) is 0 Å². The van der Waals surface area contributed by atoms with Gasteiger partial charge in [0.25, 0.3) is 0 Å². The van der Waals surface area contributed by atoms with E-state index in [0.29, 0.717) is 0 Å². The number of amides is 2. The molecule has 2 saturated heterocycles. The van der Waals surface area contributed by atoms with E-state index < -0.39 is 0 Å². The van der Waals surface area contributed by atoms with Gasteiger partial charge in [-0.1, -0.05) is 0 Å². The van der Waals surface area contributed by atoms with E-state index in [9.17, 15) is 4.79 Å². The molecular formula is C23H32N6O. The highest BCUT2D eigenvalue weighted by Gasteiger charge is 2.28. The van der Waals surface area contributed by atoms with E-state index in [4.69, 9.17) is 11.5 Å². The van der Waals surface area contributed by atoms with Crippen molar-refractivity contribution in [2.45, 2.75) is 13.8 Å². The molecule has 0 bridgehead atoms. The zero-order valence-corrected chi connectivity index (χ0v) is 18.0. The first-order chi connectivity index (χ1) is 14.4. The van der Waals surface area contributed by atoms with Crippen molar-refractivity contribution < 1.29 is 4.79 Å². The van der Waals surface area contributed by atoms with E-state index in [-0.39, 0.29) is 6.03 Å². The number of carbonyl (C=O) groups is 1. The lowest BCUT2D eigenvalue weighted by Crippen LogP contribution is -2.57. The third-order valence-corrected chi connectivity index (χ3v) is 6.22. The van der Waals surface area contributed by atoms with Crippen LogP contribution < -0.4 is 21.3 Å². The number of benzene rings is 2. The minimum absolute atomic E-state index is 0.164. The highest BCUT2D eigenvalue weighted by atomic mass is 16.2. The van der Waals surface area contributed by atoms with E-state index in [2.05, 4.69) is 35.8 Å². The highest BCUT2D eigenvalue weighted by Crippen LogP contribution is 2.25. The van der Waals surface area contributed by atoms with Crippen LogP contribution in [-0.4, -0.2) is 68.2 Å². The summed E-state index contributed by atoms with van der Waals surface area (Å²) in [5.41, 5.74) is 18.1. The molecule has 4 rings (SSSR count). The molecule has 2 aliphatic rings. The standard InChI is InChI=1S/C23H32N6O/c1-17-15-19(24)3-5-21(17)26-7-11-28(12-8-26)23(30)29-13-9-27(10-14-29)22-6-4-20(25)16-18(22)2/h3-6,15-16H,7-14,24-25H2,1-2H3. The second-order valence-electron chi connectivity index (χ2n) is 8.32. The van der Waals surface area contributed by atoms with E-state index in [0.717, 1.165) is 63.7 Å². The van der Waals surface area contributed by atoms with Crippen LogP contribution in [0.4, 0.5) is 27.5 Å².